The molecule has 1 fully saturated rings. The molecule has 4 nitrogen and oxygen atoms in total. The summed E-state index contributed by atoms with van der Waals surface area (Å²) >= 11 is 0. The van der Waals surface area contributed by atoms with E-state index in [9.17, 15) is 0 Å². The Morgan fingerprint density at radius 3 is 2.60 bits per heavy atom. The van der Waals surface area contributed by atoms with Gasteiger partial charge < -0.3 is 19.5 Å². The molecule has 1 rings (SSSR count). The van der Waals surface area contributed by atoms with Crippen molar-refractivity contribution >= 4 is 0 Å². The van der Waals surface area contributed by atoms with E-state index in [2.05, 4.69) is 5.32 Å². The predicted octanol–water partition coefficient (Wildman–Crippen LogP) is 0.808. The number of rotatable bonds is 8. The van der Waals surface area contributed by atoms with Crippen LogP contribution in [0.5, 0.6) is 0 Å². The van der Waals surface area contributed by atoms with E-state index < -0.39 is 0 Å². The lowest BCUT2D eigenvalue weighted by molar-refractivity contribution is 0.0177. The molecule has 1 N–H and O–H groups in total. The van der Waals surface area contributed by atoms with Crippen LogP contribution in [0.25, 0.3) is 0 Å². The average Bonchev–Trinajstić information content (AvgIpc) is 2.29. The Balaban J connectivity index is 1.79. The van der Waals surface area contributed by atoms with Crippen molar-refractivity contribution in [2.24, 2.45) is 0 Å². The third-order valence-electron chi connectivity index (χ3n) is 2.54. The fraction of sp³-hybridized carbons (Fsp3) is 1.00. The minimum Gasteiger partial charge on any atom is -0.382 e. The van der Waals surface area contributed by atoms with E-state index in [1.165, 1.54) is 19.3 Å². The van der Waals surface area contributed by atoms with Gasteiger partial charge in [-0.3, -0.25) is 0 Å². The molecule has 0 aromatic heterocycles. The summed E-state index contributed by atoms with van der Waals surface area (Å²) in [4.78, 5) is 0. The molecule has 0 radical (unpaired) electrons. The second kappa shape index (κ2) is 9.09. The molecule has 15 heavy (non-hydrogen) atoms. The number of hydrogen-bond acceptors (Lipinski definition) is 4. The van der Waals surface area contributed by atoms with Gasteiger partial charge in [0.15, 0.2) is 0 Å². The summed E-state index contributed by atoms with van der Waals surface area (Å²) in [7, 11) is 1.68. The predicted molar refractivity (Wildman–Crippen MR) is 59.2 cm³/mol. The van der Waals surface area contributed by atoms with Crippen LogP contribution >= 0.6 is 0 Å². The van der Waals surface area contributed by atoms with Gasteiger partial charge >= 0.3 is 0 Å². The van der Waals surface area contributed by atoms with E-state index in [1.54, 1.807) is 7.11 Å². The normalized spacial score (nSPS) is 21.8. The molecule has 0 saturated carbocycles. The van der Waals surface area contributed by atoms with E-state index in [4.69, 9.17) is 14.2 Å². The third-order valence-corrected chi connectivity index (χ3v) is 2.54. The summed E-state index contributed by atoms with van der Waals surface area (Å²) in [6, 6.07) is 0.553. The highest BCUT2D eigenvalue weighted by molar-refractivity contribution is 4.71. The van der Waals surface area contributed by atoms with Crippen molar-refractivity contribution in [3.05, 3.63) is 0 Å². The zero-order valence-corrected chi connectivity index (χ0v) is 9.67. The van der Waals surface area contributed by atoms with E-state index in [0.717, 1.165) is 13.2 Å². The van der Waals surface area contributed by atoms with Gasteiger partial charge in [0.1, 0.15) is 0 Å². The maximum absolute atomic E-state index is 5.53. The van der Waals surface area contributed by atoms with Crippen molar-refractivity contribution in [3.63, 3.8) is 0 Å². The highest BCUT2D eigenvalue weighted by Gasteiger charge is 2.11. The van der Waals surface area contributed by atoms with Gasteiger partial charge in [-0.15, -0.1) is 0 Å². The van der Waals surface area contributed by atoms with Crippen LogP contribution in [0.2, 0.25) is 0 Å². The zero-order valence-electron chi connectivity index (χ0n) is 9.67. The van der Waals surface area contributed by atoms with Crippen molar-refractivity contribution in [1.82, 2.24) is 5.32 Å². The third kappa shape index (κ3) is 6.84. The maximum atomic E-state index is 5.53. The summed E-state index contributed by atoms with van der Waals surface area (Å²) in [6.45, 7) is 4.61. The molecular formula is C11H23NO3. The highest BCUT2D eigenvalue weighted by atomic mass is 16.5. The van der Waals surface area contributed by atoms with E-state index in [0.29, 0.717) is 32.5 Å². The standard InChI is InChI=1S/C11H23NO3/c1-13-6-7-14-8-9-15-10-11-4-2-3-5-12-11/h11-12H,2-10H2,1H3/t11-/m0/s1. The molecule has 1 aliphatic heterocycles. The summed E-state index contributed by atoms with van der Waals surface area (Å²) in [5.74, 6) is 0. The average molecular weight is 217 g/mol. The largest absolute Gasteiger partial charge is 0.382 e. The van der Waals surface area contributed by atoms with Crippen LogP contribution in [0.1, 0.15) is 19.3 Å². The van der Waals surface area contributed by atoms with Crippen LogP contribution in [-0.4, -0.2) is 52.7 Å². The van der Waals surface area contributed by atoms with Gasteiger partial charge in [0.05, 0.1) is 33.0 Å². The van der Waals surface area contributed by atoms with Gasteiger partial charge in [-0.25, -0.2) is 0 Å². The Hall–Kier alpha value is -0.160. The second-order valence-electron chi connectivity index (χ2n) is 3.83. The summed E-state index contributed by atoms with van der Waals surface area (Å²) < 4.78 is 15.7. The molecule has 1 heterocycles. The molecule has 1 aliphatic rings. The van der Waals surface area contributed by atoms with Crippen molar-refractivity contribution < 1.29 is 14.2 Å². The summed E-state index contributed by atoms with van der Waals surface area (Å²) in [5, 5.41) is 3.44. The topological polar surface area (TPSA) is 39.7 Å². The molecule has 0 aliphatic carbocycles. The Bertz CT molecular complexity index is 138. The van der Waals surface area contributed by atoms with Crippen molar-refractivity contribution in [1.29, 1.82) is 0 Å². The van der Waals surface area contributed by atoms with Crippen LogP contribution in [-0.2, 0) is 14.2 Å². The summed E-state index contributed by atoms with van der Waals surface area (Å²) in [6.07, 6.45) is 3.87. The first-order valence-corrected chi connectivity index (χ1v) is 5.81. The Morgan fingerprint density at radius 2 is 1.87 bits per heavy atom. The smallest absolute Gasteiger partial charge is 0.0701 e. The molecule has 1 saturated heterocycles. The highest BCUT2D eigenvalue weighted by Crippen LogP contribution is 2.06. The first kappa shape index (κ1) is 12.9. The van der Waals surface area contributed by atoms with Gasteiger partial charge in [0.2, 0.25) is 0 Å². The van der Waals surface area contributed by atoms with Crippen LogP contribution < -0.4 is 5.32 Å². The minimum atomic E-state index is 0.553. The fourth-order valence-corrected chi connectivity index (χ4v) is 1.65. The summed E-state index contributed by atoms with van der Waals surface area (Å²) in [5.41, 5.74) is 0. The van der Waals surface area contributed by atoms with Gasteiger partial charge in [0, 0.05) is 13.2 Å². The number of piperidine rings is 1. The Morgan fingerprint density at radius 1 is 1.07 bits per heavy atom. The second-order valence-corrected chi connectivity index (χ2v) is 3.83. The number of methoxy groups -OCH3 is 1. The molecule has 1 atom stereocenters. The van der Waals surface area contributed by atoms with Crippen LogP contribution in [0, 0.1) is 0 Å². The van der Waals surface area contributed by atoms with Gasteiger partial charge in [-0.05, 0) is 19.4 Å². The zero-order chi connectivity index (χ0) is 10.8. The van der Waals surface area contributed by atoms with Crippen molar-refractivity contribution in [2.45, 2.75) is 25.3 Å². The fourth-order valence-electron chi connectivity index (χ4n) is 1.65. The van der Waals surface area contributed by atoms with Gasteiger partial charge in [-0.2, -0.15) is 0 Å². The van der Waals surface area contributed by atoms with Crippen LogP contribution in [0.3, 0.4) is 0 Å². The molecule has 0 aromatic rings. The lowest BCUT2D eigenvalue weighted by Crippen LogP contribution is -2.37. The quantitative estimate of drug-likeness (QED) is 0.611. The Kier molecular flexibility index (Phi) is 7.83. The van der Waals surface area contributed by atoms with Gasteiger partial charge in [-0.1, -0.05) is 6.42 Å². The molecule has 0 bridgehead atoms. The van der Waals surface area contributed by atoms with Gasteiger partial charge in [0.25, 0.3) is 0 Å². The molecule has 0 spiro atoms. The number of hydrogen-bond donors (Lipinski definition) is 1. The van der Waals surface area contributed by atoms with Crippen LogP contribution in [0.15, 0.2) is 0 Å². The van der Waals surface area contributed by atoms with Crippen LogP contribution in [0.4, 0.5) is 0 Å². The minimum absolute atomic E-state index is 0.553. The lowest BCUT2D eigenvalue weighted by atomic mass is 10.1. The molecule has 0 amide bonds. The number of nitrogens with one attached hydrogen (secondary N) is 1. The van der Waals surface area contributed by atoms with Crippen molar-refractivity contribution in [3.8, 4) is 0 Å². The maximum Gasteiger partial charge on any atom is 0.0701 e. The lowest BCUT2D eigenvalue weighted by Gasteiger charge is -2.23. The molecule has 0 aromatic carbocycles. The first-order chi connectivity index (χ1) is 7.43. The molecule has 90 valence electrons. The molecule has 0 unspecified atom stereocenters. The van der Waals surface area contributed by atoms with E-state index in [-0.39, 0.29) is 0 Å². The molecule has 4 heteroatoms. The molecular weight excluding hydrogens is 194 g/mol. The van der Waals surface area contributed by atoms with E-state index >= 15 is 0 Å². The monoisotopic (exact) mass is 217 g/mol. The van der Waals surface area contributed by atoms with E-state index in [1.807, 2.05) is 0 Å². The first-order valence-electron chi connectivity index (χ1n) is 5.81. The SMILES string of the molecule is COCCOCCOC[C@@H]1CCCCN1. The van der Waals surface area contributed by atoms with Crippen molar-refractivity contribution in [2.75, 3.05) is 46.7 Å². The number of ether oxygens (including phenoxy) is 3. The Labute approximate surface area is 92.3 Å².